The average Bonchev–Trinajstić information content (AvgIpc) is 3.06. The Labute approximate surface area is 182 Å². The molecule has 1 aliphatic carbocycles. The number of halogens is 1. The molecular formula is C24H28ClN3O2. The Morgan fingerprint density at radius 2 is 1.83 bits per heavy atom. The van der Waals surface area contributed by atoms with Crippen LogP contribution in [0, 0.1) is 6.92 Å². The summed E-state index contributed by atoms with van der Waals surface area (Å²) in [5.74, 6) is 0.791. The smallest absolute Gasteiger partial charge is 0.139 e. The molecule has 2 N–H and O–H groups in total. The van der Waals surface area contributed by atoms with Crippen LogP contribution in [0.5, 0.6) is 5.75 Å². The van der Waals surface area contributed by atoms with E-state index in [9.17, 15) is 5.11 Å². The van der Waals surface area contributed by atoms with Gasteiger partial charge < -0.3 is 15.2 Å². The second-order valence-corrected chi connectivity index (χ2v) is 8.23. The molecule has 1 heterocycles. The molecule has 0 aliphatic heterocycles. The molecule has 0 amide bonds. The van der Waals surface area contributed by atoms with Crippen LogP contribution in [0.15, 0.2) is 54.6 Å². The van der Waals surface area contributed by atoms with Crippen molar-refractivity contribution in [3.8, 4) is 11.4 Å². The molecule has 0 saturated heterocycles. The predicted octanol–water partition coefficient (Wildman–Crippen LogP) is 4.81. The van der Waals surface area contributed by atoms with Gasteiger partial charge in [-0.25, -0.2) is 4.68 Å². The number of hydrogen-bond acceptors (Lipinski definition) is 4. The van der Waals surface area contributed by atoms with Gasteiger partial charge in [0.25, 0.3) is 0 Å². The van der Waals surface area contributed by atoms with Crippen LogP contribution in [0.2, 0.25) is 5.15 Å². The van der Waals surface area contributed by atoms with Crippen LogP contribution < -0.4 is 10.1 Å². The molecule has 0 unspecified atom stereocenters. The second kappa shape index (κ2) is 9.65. The lowest BCUT2D eigenvalue weighted by molar-refractivity contribution is 0.0902. The van der Waals surface area contributed by atoms with Gasteiger partial charge in [0.05, 0.1) is 17.5 Å². The van der Waals surface area contributed by atoms with Gasteiger partial charge in [-0.15, -0.1) is 0 Å². The lowest BCUT2D eigenvalue weighted by Gasteiger charge is -2.28. The standard InChI is InChI=1S/C24H28ClN3O2/c1-17-21(24(25)28(27-17)19-7-3-2-4-8-19)16-30-20-13-11-18(12-14-20)15-26-22-9-5-6-10-23(22)29/h2-4,7-8,11-14,22-23,26,29H,5-6,9-10,15-16H2,1H3/t22-,23-/m0/s1. The minimum Gasteiger partial charge on any atom is -0.489 e. The van der Waals surface area contributed by atoms with E-state index in [-0.39, 0.29) is 12.1 Å². The number of hydrogen-bond donors (Lipinski definition) is 2. The quantitative estimate of drug-likeness (QED) is 0.570. The van der Waals surface area contributed by atoms with Gasteiger partial charge in [0.1, 0.15) is 17.5 Å². The van der Waals surface area contributed by atoms with Crippen molar-refractivity contribution in [1.29, 1.82) is 0 Å². The van der Waals surface area contributed by atoms with E-state index in [1.54, 1.807) is 4.68 Å². The van der Waals surface area contributed by atoms with Crippen molar-refractivity contribution < 1.29 is 9.84 Å². The Kier molecular flexibility index (Phi) is 6.72. The zero-order chi connectivity index (χ0) is 20.9. The SMILES string of the molecule is Cc1nn(-c2ccccc2)c(Cl)c1COc1ccc(CN[C@H]2CCCC[C@@H]2O)cc1. The molecule has 30 heavy (non-hydrogen) atoms. The third-order valence-corrected chi connectivity index (χ3v) is 6.12. The fourth-order valence-corrected chi connectivity index (χ4v) is 4.22. The third kappa shape index (κ3) is 4.86. The van der Waals surface area contributed by atoms with E-state index >= 15 is 0 Å². The second-order valence-electron chi connectivity index (χ2n) is 7.87. The van der Waals surface area contributed by atoms with Crippen LogP contribution in [-0.4, -0.2) is 27.0 Å². The van der Waals surface area contributed by atoms with Crippen molar-refractivity contribution in [3.05, 3.63) is 76.6 Å². The Morgan fingerprint density at radius 3 is 2.57 bits per heavy atom. The summed E-state index contributed by atoms with van der Waals surface area (Å²) < 4.78 is 7.71. The molecule has 158 valence electrons. The molecule has 0 radical (unpaired) electrons. The van der Waals surface area contributed by atoms with Crippen molar-refractivity contribution in [2.45, 2.75) is 57.9 Å². The number of nitrogens with one attached hydrogen (secondary N) is 1. The summed E-state index contributed by atoms with van der Waals surface area (Å²) in [5.41, 5.74) is 3.84. The largest absolute Gasteiger partial charge is 0.489 e. The summed E-state index contributed by atoms with van der Waals surface area (Å²) in [7, 11) is 0. The van der Waals surface area contributed by atoms with Crippen molar-refractivity contribution >= 4 is 11.6 Å². The number of aliphatic hydroxyl groups is 1. The topological polar surface area (TPSA) is 59.3 Å². The first-order valence-electron chi connectivity index (χ1n) is 10.5. The number of aryl methyl sites for hydroxylation is 1. The molecule has 1 fully saturated rings. The monoisotopic (exact) mass is 425 g/mol. The van der Waals surface area contributed by atoms with E-state index < -0.39 is 0 Å². The van der Waals surface area contributed by atoms with Crippen molar-refractivity contribution in [2.24, 2.45) is 0 Å². The molecule has 1 aromatic heterocycles. The van der Waals surface area contributed by atoms with Crippen molar-refractivity contribution in [1.82, 2.24) is 15.1 Å². The number of aromatic nitrogens is 2. The summed E-state index contributed by atoms with van der Waals surface area (Å²) in [5, 5.41) is 18.7. The number of para-hydroxylation sites is 1. The first-order chi connectivity index (χ1) is 14.6. The number of nitrogens with zero attached hydrogens (tertiary/aromatic N) is 2. The molecule has 1 aliphatic rings. The fourth-order valence-electron chi connectivity index (χ4n) is 3.89. The first kappa shape index (κ1) is 20.9. The maximum Gasteiger partial charge on any atom is 0.139 e. The summed E-state index contributed by atoms with van der Waals surface area (Å²) in [6.45, 7) is 3.05. The van der Waals surface area contributed by atoms with Crippen LogP contribution in [0.4, 0.5) is 0 Å². The van der Waals surface area contributed by atoms with Gasteiger partial charge >= 0.3 is 0 Å². The van der Waals surface area contributed by atoms with E-state index in [1.807, 2.05) is 49.4 Å². The first-order valence-corrected chi connectivity index (χ1v) is 10.9. The molecule has 6 heteroatoms. The molecule has 0 spiro atoms. The number of ether oxygens (including phenoxy) is 1. The molecule has 0 bridgehead atoms. The van der Waals surface area contributed by atoms with Crippen LogP contribution in [0.3, 0.4) is 0 Å². The fraction of sp³-hybridized carbons (Fsp3) is 0.375. The summed E-state index contributed by atoms with van der Waals surface area (Å²) in [4.78, 5) is 0. The molecule has 2 atom stereocenters. The molecule has 3 aromatic rings. The van der Waals surface area contributed by atoms with Gasteiger partial charge in [-0.3, -0.25) is 0 Å². The van der Waals surface area contributed by atoms with Gasteiger partial charge in [0.15, 0.2) is 0 Å². The summed E-state index contributed by atoms with van der Waals surface area (Å²) >= 11 is 6.57. The molecule has 5 nitrogen and oxygen atoms in total. The van der Waals surface area contributed by atoms with Gasteiger partial charge in [-0.1, -0.05) is 54.8 Å². The highest BCUT2D eigenvalue weighted by Gasteiger charge is 2.22. The van der Waals surface area contributed by atoms with E-state index in [0.29, 0.717) is 11.8 Å². The van der Waals surface area contributed by atoms with Crippen LogP contribution in [0.1, 0.15) is 42.5 Å². The minimum absolute atomic E-state index is 0.195. The van der Waals surface area contributed by atoms with Crippen molar-refractivity contribution in [3.63, 3.8) is 0 Å². The highest BCUT2D eigenvalue weighted by atomic mass is 35.5. The van der Waals surface area contributed by atoms with E-state index in [4.69, 9.17) is 16.3 Å². The van der Waals surface area contributed by atoms with Gasteiger partial charge in [0, 0.05) is 18.2 Å². The van der Waals surface area contributed by atoms with Gasteiger partial charge in [-0.05, 0) is 49.6 Å². The third-order valence-electron chi connectivity index (χ3n) is 5.73. The highest BCUT2D eigenvalue weighted by molar-refractivity contribution is 6.30. The Bertz CT molecular complexity index is 957. The van der Waals surface area contributed by atoms with Crippen LogP contribution >= 0.6 is 11.6 Å². The lowest BCUT2D eigenvalue weighted by atomic mass is 9.92. The Morgan fingerprint density at radius 1 is 1.10 bits per heavy atom. The van der Waals surface area contributed by atoms with E-state index in [0.717, 1.165) is 48.5 Å². The highest BCUT2D eigenvalue weighted by Crippen LogP contribution is 2.25. The lowest BCUT2D eigenvalue weighted by Crippen LogP contribution is -2.41. The Balaban J connectivity index is 1.35. The van der Waals surface area contributed by atoms with E-state index in [1.165, 1.54) is 12.0 Å². The number of rotatable bonds is 7. The average molecular weight is 426 g/mol. The van der Waals surface area contributed by atoms with Gasteiger partial charge in [-0.2, -0.15) is 5.10 Å². The number of aliphatic hydroxyl groups excluding tert-OH is 1. The zero-order valence-corrected chi connectivity index (χ0v) is 18.0. The van der Waals surface area contributed by atoms with Crippen LogP contribution in [0.25, 0.3) is 5.69 Å². The van der Waals surface area contributed by atoms with Crippen molar-refractivity contribution in [2.75, 3.05) is 0 Å². The maximum absolute atomic E-state index is 10.1. The Hall–Kier alpha value is -2.34. The van der Waals surface area contributed by atoms with Crippen LogP contribution in [-0.2, 0) is 13.2 Å². The predicted molar refractivity (Wildman–Crippen MR) is 119 cm³/mol. The maximum atomic E-state index is 10.1. The zero-order valence-electron chi connectivity index (χ0n) is 17.2. The summed E-state index contributed by atoms with van der Waals surface area (Å²) in [6, 6.07) is 18.1. The molecule has 1 saturated carbocycles. The minimum atomic E-state index is -0.230. The molecule has 4 rings (SSSR count). The molecular weight excluding hydrogens is 398 g/mol. The van der Waals surface area contributed by atoms with E-state index in [2.05, 4.69) is 22.5 Å². The van der Waals surface area contributed by atoms with Gasteiger partial charge in [0.2, 0.25) is 0 Å². The number of benzene rings is 2. The normalized spacial score (nSPS) is 19.0. The molecule has 2 aromatic carbocycles. The summed E-state index contributed by atoms with van der Waals surface area (Å²) in [6.07, 6.45) is 4.02.